The lowest BCUT2D eigenvalue weighted by atomic mass is 9.98. The summed E-state index contributed by atoms with van der Waals surface area (Å²) in [7, 11) is 0. The van der Waals surface area contributed by atoms with Gasteiger partial charge in [0.2, 0.25) is 0 Å². The molecule has 0 aliphatic heterocycles. The predicted molar refractivity (Wildman–Crippen MR) is 157 cm³/mol. The normalized spacial score (nSPS) is 11.7. The number of rotatable bonds is 3. The van der Waals surface area contributed by atoms with E-state index in [4.69, 9.17) is 4.42 Å². The maximum atomic E-state index is 6.09. The van der Waals surface area contributed by atoms with Crippen LogP contribution >= 0.6 is 0 Å². The standard InChI is InChI=1S/C35H22N2O/c1-3-14-31-28(12-1)29-13-2-4-15-32(29)37(31)27-11-6-10-25(21-27)23-8-5-9-24(20-23)26-17-18-30-34(22-26)38-33-16-7-19-36-35(30)33/h1-22H. The number of nitrogens with zero attached hydrogens (tertiary/aromatic N) is 2. The second-order valence-electron chi connectivity index (χ2n) is 9.66. The van der Waals surface area contributed by atoms with Crippen molar-refractivity contribution in [2.45, 2.75) is 0 Å². The highest BCUT2D eigenvalue weighted by Crippen LogP contribution is 2.35. The molecule has 0 radical (unpaired) electrons. The maximum Gasteiger partial charge on any atom is 0.153 e. The number of pyridine rings is 1. The molecule has 38 heavy (non-hydrogen) atoms. The molecular weight excluding hydrogens is 464 g/mol. The van der Waals surface area contributed by atoms with E-state index >= 15 is 0 Å². The van der Waals surface area contributed by atoms with E-state index in [1.54, 1.807) is 0 Å². The highest BCUT2D eigenvalue weighted by Gasteiger charge is 2.13. The van der Waals surface area contributed by atoms with Crippen LogP contribution in [-0.4, -0.2) is 9.55 Å². The molecule has 3 nitrogen and oxygen atoms in total. The van der Waals surface area contributed by atoms with E-state index in [0.717, 1.165) is 38.9 Å². The van der Waals surface area contributed by atoms with Crippen LogP contribution in [0.5, 0.6) is 0 Å². The summed E-state index contributed by atoms with van der Waals surface area (Å²) in [6, 6.07) is 45.0. The fraction of sp³-hybridized carbons (Fsp3) is 0. The third kappa shape index (κ3) is 3.19. The molecule has 0 N–H and O–H groups in total. The van der Waals surface area contributed by atoms with E-state index in [2.05, 4.69) is 125 Å². The third-order valence-electron chi connectivity index (χ3n) is 7.44. The molecule has 3 heterocycles. The summed E-state index contributed by atoms with van der Waals surface area (Å²) in [4.78, 5) is 4.50. The van der Waals surface area contributed by atoms with Gasteiger partial charge in [-0.15, -0.1) is 0 Å². The number of para-hydroxylation sites is 2. The van der Waals surface area contributed by atoms with Crippen molar-refractivity contribution in [3.63, 3.8) is 0 Å². The fourth-order valence-corrected chi connectivity index (χ4v) is 5.68. The molecule has 3 heteroatoms. The van der Waals surface area contributed by atoms with Gasteiger partial charge in [0.1, 0.15) is 11.1 Å². The zero-order chi connectivity index (χ0) is 25.1. The van der Waals surface area contributed by atoms with Crippen molar-refractivity contribution in [1.29, 1.82) is 0 Å². The van der Waals surface area contributed by atoms with Crippen LogP contribution in [0.2, 0.25) is 0 Å². The number of fused-ring (bicyclic) bond motifs is 6. The molecule has 0 unspecified atom stereocenters. The minimum atomic E-state index is 0.815. The Morgan fingerprint density at radius 2 is 1.13 bits per heavy atom. The van der Waals surface area contributed by atoms with Gasteiger partial charge in [0.25, 0.3) is 0 Å². The first-order valence-electron chi connectivity index (χ1n) is 12.8. The van der Waals surface area contributed by atoms with Crippen LogP contribution in [0.25, 0.3) is 71.8 Å². The van der Waals surface area contributed by atoms with Gasteiger partial charge in [-0.05, 0) is 76.9 Å². The van der Waals surface area contributed by atoms with Crippen molar-refractivity contribution in [3.8, 4) is 27.9 Å². The highest BCUT2D eigenvalue weighted by atomic mass is 16.3. The van der Waals surface area contributed by atoms with Crippen LogP contribution in [0, 0.1) is 0 Å². The SMILES string of the molecule is c1cc(-c2cccc(-n3c4ccccc4c4ccccc43)c2)cc(-c2ccc3c(c2)oc2cccnc23)c1. The first-order valence-corrected chi connectivity index (χ1v) is 12.8. The average molecular weight is 487 g/mol. The molecule has 178 valence electrons. The first kappa shape index (κ1) is 21.0. The van der Waals surface area contributed by atoms with Crippen molar-refractivity contribution < 1.29 is 4.42 Å². The Morgan fingerprint density at radius 3 is 1.89 bits per heavy atom. The minimum Gasteiger partial charge on any atom is -0.454 e. The van der Waals surface area contributed by atoms with E-state index in [9.17, 15) is 0 Å². The number of hydrogen-bond donors (Lipinski definition) is 0. The van der Waals surface area contributed by atoms with E-state index in [0.29, 0.717) is 0 Å². The Hall–Kier alpha value is -5.15. The number of hydrogen-bond acceptors (Lipinski definition) is 2. The molecule has 0 atom stereocenters. The summed E-state index contributed by atoms with van der Waals surface area (Å²) < 4.78 is 8.45. The summed E-state index contributed by atoms with van der Waals surface area (Å²) in [5.41, 5.74) is 10.8. The van der Waals surface area contributed by atoms with E-state index in [1.165, 1.54) is 32.9 Å². The molecule has 0 fully saturated rings. The van der Waals surface area contributed by atoms with E-state index in [-0.39, 0.29) is 0 Å². The monoisotopic (exact) mass is 486 g/mol. The Bertz CT molecular complexity index is 2090. The minimum absolute atomic E-state index is 0.815. The third-order valence-corrected chi connectivity index (χ3v) is 7.44. The van der Waals surface area contributed by atoms with Crippen molar-refractivity contribution >= 4 is 43.9 Å². The second-order valence-corrected chi connectivity index (χ2v) is 9.66. The first-order chi connectivity index (χ1) is 18.8. The summed E-state index contributed by atoms with van der Waals surface area (Å²) in [6.45, 7) is 0. The summed E-state index contributed by atoms with van der Waals surface area (Å²) in [5.74, 6) is 0. The molecule has 0 bridgehead atoms. The topological polar surface area (TPSA) is 31.0 Å². The maximum absolute atomic E-state index is 6.09. The van der Waals surface area contributed by atoms with Gasteiger partial charge in [0.05, 0.1) is 11.0 Å². The molecule has 0 saturated carbocycles. The van der Waals surface area contributed by atoms with Gasteiger partial charge < -0.3 is 8.98 Å². The molecule has 0 aliphatic carbocycles. The lowest BCUT2D eigenvalue weighted by molar-refractivity contribution is 0.668. The second kappa shape index (κ2) is 8.19. The van der Waals surface area contributed by atoms with Crippen LogP contribution in [-0.2, 0) is 0 Å². The van der Waals surface area contributed by atoms with Crippen molar-refractivity contribution in [1.82, 2.24) is 9.55 Å². The molecule has 5 aromatic carbocycles. The number of aromatic nitrogens is 2. The lowest BCUT2D eigenvalue weighted by Gasteiger charge is -2.11. The van der Waals surface area contributed by atoms with Gasteiger partial charge in [-0.25, -0.2) is 0 Å². The Morgan fingerprint density at radius 1 is 0.474 bits per heavy atom. The Labute approximate surface area is 219 Å². The predicted octanol–water partition coefficient (Wildman–Crippen LogP) is 9.41. The van der Waals surface area contributed by atoms with Crippen molar-refractivity contribution in [2.24, 2.45) is 0 Å². The van der Waals surface area contributed by atoms with Crippen molar-refractivity contribution in [3.05, 3.63) is 134 Å². The van der Waals surface area contributed by atoms with E-state index < -0.39 is 0 Å². The van der Waals surface area contributed by atoms with Crippen molar-refractivity contribution in [2.75, 3.05) is 0 Å². The van der Waals surface area contributed by atoms with Crippen LogP contribution in [0.15, 0.2) is 138 Å². The van der Waals surface area contributed by atoms with Gasteiger partial charge >= 0.3 is 0 Å². The van der Waals surface area contributed by atoms with Crippen LogP contribution < -0.4 is 0 Å². The lowest BCUT2D eigenvalue weighted by Crippen LogP contribution is -1.94. The van der Waals surface area contributed by atoms with Gasteiger partial charge in [-0.3, -0.25) is 4.98 Å². The summed E-state index contributed by atoms with van der Waals surface area (Å²) in [5, 5.41) is 3.58. The average Bonchev–Trinajstić information content (AvgIpc) is 3.53. The summed E-state index contributed by atoms with van der Waals surface area (Å²) in [6.07, 6.45) is 1.81. The Balaban J connectivity index is 1.24. The van der Waals surface area contributed by atoms with Crippen LogP contribution in [0.3, 0.4) is 0 Å². The van der Waals surface area contributed by atoms with Gasteiger partial charge in [0.15, 0.2) is 5.58 Å². The van der Waals surface area contributed by atoms with Gasteiger partial charge in [-0.2, -0.15) is 0 Å². The number of benzene rings is 5. The zero-order valence-corrected chi connectivity index (χ0v) is 20.5. The Kier molecular flexibility index (Phi) is 4.52. The molecule has 0 amide bonds. The smallest absolute Gasteiger partial charge is 0.153 e. The highest BCUT2D eigenvalue weighted by molar-refractivity contribution is 6.09. The fourth-order valence-electron chi connectivity index (χ4n) is 5.68. The molecular formula is C35H22N2O. The molecule has 8 rings (SSSR count). The summed E-state index contributed by atoms with van der Waals surface area (Å²) >= 11 is 0. The molecule has 3 aromatic heterocycles. The largest absolute Gasteiger partial charge is 0.454 e. The molecule has 0 saturated heterocycles. The van der Waals surface area contributed by atoms with Crippen LogP contribution in [0.4, 0.5) is 0 Å². The molecule has 8 aromatic rings. The van der Waals surface area contributed by atoms with Crippen LogP contribution in [0.1, 0.15) is 0 Å². The zero-order valence-electron chi connectivity index (χ0n) is 20.5. The number of furan rings is 1. The van der Waals surface area contributed by atoms with Gasteiger partial charge in [0, 0.05) is 28.0 Å². The molecule has 0 spiro atoms. The quantitative estimate of drug-likeness (QED) is 0.249. The molecule has 0 aliphatic rings. The van der Waals surface area contributed by atoms with E-state index in [1.807, 2.05) is 18.3 Å². The van der Waals surface area contributed by atoms with Gasteiger partial charge in [-0.1, -0.05) is 72.8 Å².